The summed E-state index contributed by atoms with van der Waals surface area (Å²) in [5, 5.41) is 8.12. The van der Waals surface area contributed by atoms with E-state index in [0.717, 1.165) is 17.4 Å². The fraction of sp³-hybridized carbons (Fsp3) is 0.800. The van der Waals surface area contributed by atoms with E-state index >= 15 is 0 Å². The fourth-order valence-electron chi connectivity index (χ4n) is 3.52. The van der Waals surface area contributed by atoms with Crippen molar-refractivity contribution in [1.82, 2.24) is 15.1 Å². The Labute approximate surface area is 125 Å². The molecule has 1 aromatic rings. The zero-order chi connectivity index (χ0) is 14.4. The third-order valence-corrected chi connectivity index (χ3v) is 5.92. The molecule has 0 aromatic carbocycles. The average molecular weight is 328 g/mol. The van der Waals surface area contributed by atoms with Gasteiger partial charge in [-0.25, -0.2) is 0 Å². The van der Waals surface area contributed by atoms with Gasteiger partial charge in [-0.1, -0.05) is 34.6 Å². The van der Waals surface area contributed by atoms with Gasteiger partial charge < -0.3 is 5.32 Å². The minimum Gasteiger partial charge on any atom is -0.308 e. The topological polar surface area (TPSA) is 29.9 Å². The molecule has 0 bridgehead atoms. The van der Waals surface area contributed by atoms with Gasteiger partial charge in [-0.15, -0.1) is 0 Å². The first kappa shape index (κ1) is 15.0. The minimum absolute atomic E-state index is 0.363. The molecule has 0 amide bonds. The Morgan fingerprint density at radius 1 is 1.37 bits per heavy atom. The maximum absolute atomic E-state index is 4.38. The zero-order valence-electron chi connectivity index (χ0n) is 12.9. The molecule has 1 fully saturated rings. The third kappa shape index (κ3) is 2.27. The second-order valence-electron chi connectivity index (χ2n) is 6.85. The lowest BCUT2D eigenvalue weighted by Gasteiger charge is -2.22. The molecule has 1 aliphatic rings. The van der Waals surface area contributed by atoms with Crippen molar-refractivity contribution in [2.45, 2.75) is 47.1 Å². The number of nitrogens with zero attached hydrogens (tertiary/aromatic N) is 2. The Kier molecular flexibility index (Phi) is 3.87. The van der Waals surface area contributed by atoms with Crippen LogP contribution in [0.5, 0.6) is 0 Å². The summed E-state index contributed by atoms with van der Waals surface area (Å²) in [7, 11) is 2.03. The lowest BCUT2D eigenvalue weighted by molar-refractivity contribution is 0.388. The van der Waals surface area contributed by atoms with Crippen LogP contribution < -0.4 is 5.32 Å². The number of aromatic nitrogens is 2. The Hall–Kier alpha value is -0.350. The molecule has 0 spiro atoms. The maximum atomic E-state index is 4.38. The van der Waals surface area contributed by atoms with Crippen LogP contribution in [0.3, 0.4) is 0 Å². The standard InChI is InChI=1S/C15H26BrN3/c1-7-8-17-11(12-10(16)9-18-19(12)6)13-14(2,3)15(13,4)5/h9,11,13,17H,7-8H2,1-6H3. The normalized spacial score (nSPS) is 22.5. The van der Waals surface area contributed by atoms with Gasteiger partial charge in [-0.2, -0.15) is 5.10 Å². The molecular formula is C15H26BrN3. The van der Waals surface area contributed by atoms with Crippen LogP contribution in [-0.4, -0.2) is 16.3 Å². The van der Waals surface area contributed by atoms with E-state index < -0.39 is 0 Å². The van der Waals surface area contributed by atoms with Crippen LogP contribution in [0, 0.1) is 16.7 Å². The van der Waals surface area contributed by atoms with Crippen LogP contribution in [0.2, 0.25) is 0 Å². The summed E-state index contributed by atoms with van der Waals surface area (Å²) >= 11 is 3.66. The molecule has 1 saturated carbocycles. The van der Waals surface area contributed by atoms with Crippen LogP contribution >= 0.6 is 15.9 Å². The lowest BCUT2D eigenvalue weighted by atomic mass is 10.0. The number of hydrogen-bond acceptors (Lipinski definition) is 2. The van der Waals surface area contributed by atoms with Crippen molar-refractivity contribution in [3.63, 3.8) is 0 Å². The first-order valence-electron chi connectivity index (χ1n) is 7.16. The first-order chi connectivity index (χ1) is 8.75. The van der Waals surface area contributed by atoms with Gasteiger partial charge in [0.1, 0.15) is 0 Å². The average Bonchev–Trinajstić information content (AvgIpc) is 2.56. The quantitative estimate of drug-likeness (QED) is 0.888. The van der Waals surface area contributed by atoms with Crippen molar-refractivity contribution < 1.29 is 0 Å². The highest BCUT2D eigenvalue weighted by molar-refractivity contribution is 9.10. The lowest BCUT2D eigenvalue weighted by Crippen LogP contribution is -2.28. The van der Waals surface area contributed by atoms with Crippen molar-refractivity contribution >= 4 is 15.9 Å². The highest BCUT2D eigenvalue weighted by Gasteiger charge is 2.67. The van der Waals surface area contributed by atoms with Crippen LogP contribution in [0.1, 0.15) is 52.8 Å². The van der Waals surface area contributed by atoms with E-state index in [1.807, 2.05) is 17.9 Å². The fourth-order valence-corrected chi connectivity index (χ4v) is 4.12. The Morgan fingerprint density at radius 3 is 2.32 bits per heavy atom. The monoisotopic (exact) mass is 327 g/mol. The van der Waals surface area contributed by atoms with E-state index in [4.69, 9.17) is 0 Å². The smallest absolute Gasteiger partial charge is 0.0695 e. The van der Waals surface area contributed by atoms with Crippen molar-refractivity contribution in [3.8, 4) is 0 Å². The number of aryl methyl sites for hydroxylation is 1. The summed E-state index contributed by atoms with van der Waals surface area (Å²) in [5.41, 5.74) is 2.00. The molecule has 3 nitrogen and oxygen atoms in total. The van der Waals surface area contributed by atoms with Gasteiger partial charge in [-0.05, 0) is 45.6 Å². The van der Waals surface area contributed by atoms with E-state index in [1.165, 1.54) is 5.69 Å². The molecule has 2 rings (SSSR count). The maximum Gasteiger partial charge on any atom is 0.0695 e. The largest absolute Gasteiger partial charge is 0.308 e. The molecule has 1 heterocycles. The van der Waals surface area contributed by atoms with Gasteiger partial charge in [0.05, 0.1) is 22.4 Å². The van der Waals surface area contributed by atoms with Gasteiger partial charge in [0, 0.05) is 7.05 Å². The summed E-state index contributed by atoms with van der Waals surface area (Å²) in [5.74, 6) is 0.637. The Balaban J connectivity index is 2.34. The highest BCUT2D eigenvalue weighted by Crippen LogP contribution is 2.72. The molecule has 0 aliphatic heterocycles. The van der Waals surface area contributed by atoms with E-state index in [1.54, 1.807) is 0 Å². The van der Waals surface area contributed by atoms with Crippen molar-refractivity contribution in [1.29, 1.82) is 0 Å². The molecular weight excluding hydrogens is 302 g/mol. The van der Waals surface area contributed by atoms with Gasteiger partial charge in [-0.3, -0.25) is 4.68 Å². The van der Waals surface area contributed by atoms with E-state index in [9.17, 15) is 0 Å². The molecule has 1 aliphatic carbocycles. The summed E-state index contributed by atoms with van der Waals surface area (Å²) in [4.78, 5) is 0. The van der Waals surface area contributed by atoms with Crippen LogP contribution in [0.15, 0.2) is 10.7 Å². The molecule has 1 unspecified atom stereocenters. The summed E-state index contributed by atoms with van der Waals surface area (Å²) < 4.78 is 3.11. The third-order valence-electron chi connectivity index (χ3n) is 5.31. The van der Waals surface area contributed by atoms with Crippen LogP contribution in [0.4, 0.5) is 0 Å². The molecule has 19 heavy (non-hydrogen) atoms. The number of nitrogens with one attached hydrogen (secondary N) is 1. The van der Waals surface area contributed by atoms with E-state index in [-0.39, 0.29) is 0 Å². The highest BCUT2D eigenvalue weighted by atomic mass is 79.9. The van der Waals surface area contributed by atoms with Crippen molar-refractivity contribution in [3.05, 3.63) is 16.4 Å². The molecule has 0 saturated heterocycles. The van der Waals surface area contributed by atoms with Gasteiger partial charge >= 0.3 is 0 Å². The number of hydrogen-bond donors (Lipinski definition) is 1. The van der Waals surface area contributed by atoms with E-state index in [0.29, 0.717) is 22.8 Å². The van der Waals surface area contributed by atoms with Gasteiger partial charge in [0.2, 0.25) is 0 Å². The summed E-state index contributed by atoms with van der Waals surface area (Å²) in [6.07, 6.45) is 3.05. The second kappa shape index (κ2) is 4.88. The van der Waals surface area contributed by atoms with Gasteiger partial charge in [0.15, 0.2) is 0 Å². The van der Waals surface area contributed by atoms with Gasteiger partial charge in [0.25, 0.3) is 0 Å². The number of rotatable bonds is 5. The minimum atomic E-state index is 0.363. The molecule has 1 N–H and O–H groups in total. The summed E-state index contributed by atoms with van der Waals surface area (Å²) in [6.45, 7) is 12.8. The second-order valence-corrected chi connectivity index (χ2v) is 7.71. The molecule has 0 radical (unpaired) electrons. The predicted octanol–water partition coefficient (Wildman–Crippen LogP) is 3.91. The zero-order valence-corrected chi connectivity index (χ0v) is 14.5. The Morgan fingerprint density at radius 2 is 1.95 bits per heavy atom. The summed E-state index contributed by atoms with van der Waals surface area (Å²) in [6, 6.07) is 0.367. The number of halogens is 1. The van der Waals surface area contributed by atoms with Crippen molar-refractivity contribution in [2.24, 2.45) is 23.8 Å². The SMILES string of the molecule is CCCNC(c1c(Br)cnn1C)C1C(C)(C)C1(C)C. The molecule has 108 valence electrons. The molecule has 1 atom stereocenters. The molecule has 1 aromatic heterocycles. The van der Waals surface area contributed by atoms with Crippen LogP contribution in [0.25, 0.3) is 0 Å². The van der Waals surface area contributed by atoms with Crippen LogP contribution in [-0.2, 0) is 7.05 Å². The van der Waals surface area contributed by atoms with E-state index in [2.05, 4.69) is 61.0 Å². The van der Waals surface area contributed by atoms with Crippen molar-refractivity contribution in [2.75, 3.05) is 6.54 Å². The Bertz CT molecular complexity index is 428. The predicted molar refractivity (Wildman–Crippen MR) is 83.0 cm³/mol. The molecule has 4 heteroatoms. The first-order valence-corrected chi connectivity index (χ1v) is 7.95.